The van der Waals surface area contributed by atoms with Gasteiger partial charge in [0.1, 0.15) is 0 Å². The normalized spacial score (nSPS) is 23.5. The third-order valence-corrected chi connectivity index (χ3v) is 3.18. The van der Waals surface area contributed by atoms with Gasteiger partial charge in [0.05, 0.1) is 0 Å². The third kappa shape index (κ3) is 2.47. The quantitative estimate of drug-likeness (QED) is 0.682. The molecular weight excluding hydrogens is 178 g/mol. The molecule has 2 aliphatic rings. The van der Waals surface area contributed by atoms with Crippen molar-refractivity contribution < 1.29 is 9.53 Å². The monoisotopic (exact) mass is 197 g/mol. The summed E-state index contributed by atoms with van der Waals surface area (Å²) in [6.07, 6.45) is 4.44. The molecule has 80 valence electrons. The van der Waals surface area contributed by atoms with Crippen LogP contribution in [0.25, 0.3) is 0 Å². The molecule has 1 saturated carbocycles. The first kappa shape index (κ1) is 9.97. The summed E-state index contributed by atoms with van der Waals surface area (Å²) in [5.41, 5.74) is 0. The van der Waals surface area contributed by atoms with Crippen molar-refractivity contribution >= 4 is 5.91 Å². The highest BCUT2D eigenvalue weighted by atomic mass is 16.5. The lowest BCUT2D eigenvalue weighted by Crippen LogP contribution is -2.34. The summed E-state index contributed by atoms with van der Waals surface area (Å²) in [6, 6.07) is 0. The molecular formula is C11H19NO2. The zero-order valence-corrected chi connectivity index (χ0v) is 8.87. The van der Waals surface area contributed by atoms with E-state index >= 15 is 0 Å². The zero-order chi connectivity index (χ0) is 9.97. The average molecular weight is 197 g/mol. The Kier molecular flexibility index (Phi) is 3.06. The van der Waals surface area contributed by atoms with E-state index in [2.05, 4.69) is 0 Å². The molecule has 3 nitrogen and oxygen atoms in total. The molecule has 0 spiro atoms. The molecule has 3 heteroatoms. The van der Waals surface area contributed by atoms with Gasteiger partial charge in [0, 0.05) is 32.7 Å². The maximum atomic E-state index is 11.7. The van der Waals surface area contributed by atoms with E-state index in [0.29, 0.717) is 17.7 Å². The van der Waals surface area contributed by atoms with Gasteiger partial charge in [-0.25, -0.2) is 0 Å². The summed E-state index contributed by atoms with van der Waals surface area (Å²) in [5, 5.41) is 0. The van der Waals surface area contributed by atoms with Crippen molar-refractivity contribution in [1.82, 2.24) is 4.90 Å². The predicted octanol–water partition coefficient (Wildman–Crippen LogP) is 1.28. The van der Waals surface area contributed by atoms with Gasteiger partial charge in [-0.05, 0) is 31.6 Å². The van der Waals surface area contributed by atoms with Gasteiger partial charge in [0.2, 0.25) is 5.91 Å². The molecule has 0 atom stereocenters. The van der Waals surface area contributed by atoms with E-state index in [1.807, 2.05) is 11.9 Å². The number of hydrogen-bond acceptors (Lipinski definition) is 2. The number of carbonyl (C=O) groups is 1. The molecule has 1 aliphatic carbocycles. The third-order valence-electron chi connectivity index (χ3n) is 3.18. The smallest absolute Gasteiger partial charge is 0.225 e. The maximum absolute atomic E-state index is 11.7. The summed E-state index contributed by atoms with van der Waals surface area (Å²) in [4.78, 5) is 13.6. The van der Waals surface area contributed by atoms with Crippen LogP contribution in [0.2, 0.25) is 0 Å². The Morgan fingerprint density at radius 1 is 1.29 bits per heavy atom. The number of nitrogens with zero attached hydrogens (tertiary/aromatic N) is 1. The minimum Gasteiger partial charge on any atom is -0.381 e. The van der Waals surface area contributed by atoms with Crippen molar-refractivity contribution in [3.8, 4) is 0 Å². The van der Waals surface area contributed by atoms with E-state index in [-0.39, 0.29) is 0 Å². The first-order chi connectivity index (χ1) is 6.77. The highest BCUT2D eigenvalue weighted by Crippen LogP contribution is 2.31. The van der Waals surface area contributed by atoms with E-state index in [1.165, 1.54) is 0 Å². The second-order valence-electron chi connectivity index (χ2n) is 4.55. The molecule has 0 aromatic rings. The Morgan fingerprint density at radius 3 is 2.50 bits per heavy atom. The SMILES string of the molecule is CN(CC1CCOCC1)C(=O)C1CC1. The van der Waals surface area contributed by atoms with Crippen molar-refractivity contribution in [2.24, 2.45) is 11.8 Å². The van der Waals surface area contributed by atoms with Crippen LogP contribution in [0.1, 0.15) is 25.7 Å². The van der Waals surface area contributed by atoms with Gasteiger partial charge in [0.25, 0.3) is 0 Å². The van der Waals surface area contributed by atoms with Crippen LogP contribution in [-0.2, 0) is 9.53 Å². The van der Waals surface area contributed by atoms with Crippen LogP contribution < -0.4 is 0 Å². The topological polar surface area (TPSA) is 29.5 Å². The minimum absolute atomic E-state index is 0.358. The Labute approximate surface area is 85.4 Å². The minimum atomic E-state index is 0.358. The number of amides is 1. The van der Waals surface area contributed by atoms with Gasteiger partial charge in [-0.1, -0.05) is 0 Å². The number of hydrogen-bond donors (Lipinski definition) is 0. The summed E-state index contributed by atoms with van der Waals surface area (Å²) in [7, 11) is 1.94. The van der Waals surface area contributed by atoms with Gasteiger partial charge < -0.3 is 9.64 Å². The molecule has 14 heavy (non-hydrogen) atoms. The van der Waals surface area contributed by atoms with Crippen molar-refractivity contribution in [1.29, 1.82) is 0 Å². The van der Waals surface area contributed by atoms with Crippen LogP contribution in [0.3, 0.4) is 0 Å². The molecule has 2 rings (SSSR count). The molecule has 1 aliphatic heterocycles. The first-order valence-corrected chi connectivity index (χ1v) is 5.60. The van der Waals surface area contributed by atoms with E-state index in [0.717, 1.165) is 45.4 Å². The molecule has 1 amide bonds. The summed E-state index contributed by atoms with van der Waals surface area (Å²) >= 11 is 0. The van der Waals surface area contributed by atoms with Crippen LogP contribution in [0.15, 0.2) is 0 Å². The second kappa shape index (κ2) is 4.30. The van der Waals surface area contributed by atoms with Crippen molar-refractivity contribution in [3.63, 3.8) is 0 Å². The average Bonchev–Trinajstić information content (AvgIpc) is 3.01. The van der Waals surface area contributed by atoms with Crippen LogP contribution in [0.4, 0.5) is 0 Å². The summed E-state index contributed by atoms with van der Waals surface area (Å²) in [5.74, 6) is 1.38. The van der Waals surface area contributed by atoms with Crippen LogP contribution >= 0.6 is 0 Å². The van der Waals surface area contributed by atoms with Crippen LogP contribution in [0.5, 0.6) is 0 Å². The number of carbonyl (C=O) groups excluding carboxylic acids is 1. The van der Waals surface area contributed by atoms with E-state index in [1.54, 1.807) is 0 Å². The van der Waals surface area contributed by atoms with Crippen molar-refractivity contribution in [2.75, 3.05) is 26.8 Å². The molecule has 0 N–H and O–H groups in total. The van der Waals surface area contributed by atoms with Crippen molar-refractivity contribution in [3.05, 3.63) is 0 Å². The highest BCUT2D eigenvalue weighted by Gasteiger charge is 2.32. The lowest BCUT2D eigenvalue weighted by atomic mass is 10.00. The fraction of sp³-hybridized carbons (Fsp3) is 0.909. The lowest BCUT2D eigenvalue weighted by molar-refractivity contribution is -0.132. The Balaban J connectivity index is 1.74. The van der Waals surface area contributed by atoms with Gasteiger partial charge in [-0.2, -0.15) is 0 Å². The number of ether oxygens (including phenoxy) is 1. The Morgan fingerprint density at radius 2 is 1.93 bits per heavy atom. The van der Waals surface area contributed by atoms with Crippen molar-refractivity contribution in [2.45, 2.75) is 25.7 Å². The largest absolute Gasteiger partial charge is 0.381 e. The molecule has 1 heterocycles. The summed E-state index contributed by atoms with van der Waals surface area (Å²) < 4.78 is 5.30. The van der Waals surface area contributed by atoms with Gasteiger partial charge >= 0.3 is 0 Å². The molecule has 0 aromatic carbocycles. The summed E-state index contributed by atoms with van der Waals surface area (Å²) in [6.45, 7) is 2.67. The first-order valence-electron chi connectivity index (χ1n) is 5.60. The highest BCUT2D eigenvalue weighted by molar-refractivity contribution is 5.80. The van der Waals surface area contributed by atoms with E-state index in [9.17, 15) is 4.79 Å². The van der Waals surface area contributed by atoms with E-state index < -0.39 is 0 Å². The van der Waals surface area contributed by atoms with Gasteiger partial charge in [-0.3, -0.25) is 4.79 Å². The molecule has 0 radical (unpaired) electrons. The fourth-order valence-electron chi connectivity index (χ4n) is 2.05. The predicted molar refractivity (Wildman–Crippen MR) is 53.9 cm³/mol. The molecule has 0 unspecified atom stereocenters. The van der Waals surface area contributed by atoms with Crippen LogP contribution in [-0.4, -0.2) is 37.6 Å². The standard InChI is InChI=1S/C11H19NO2/c1-12(11(13)10-2-3-10)8-9-4-6-14-7-5-9/h9-10H,2-8H2,1H3. The van der Waals surface area contributed by atoms with Crippen LogP contribution in [0, 0.1) is 11.8 Å². The lowest BCUT2D eigenvalue weighted by Gasteiger charge is -2.27. The van der Waals surface area contributed by atoms with Gasteiger partial charge in [0.15, 0.2) is 0 Å². The second-order valence-corrected chi connectivity index (χ2v) is 4.55. The van der Waals surface area contributed by atoms with Gasteiger partial charge in [-0.15, -0.1) is 0 Å². The Hall–Kier alpha value is -0.570. The maximum Gasteiger partial charge on any atom is 0.225 e. The zero-order valence-electron chi connectivity index (χ0n) is 8.87. The Bertz CT molecular complexity index is 207. The molecule has 2 fully saturated rings. The number of rotatable bonds is 3. The molecule has 0 aromatic heterocycles. The fourth-order valence-corrected chi connectivity index (χ4v) is 2.05. The molecule has 1 saturated heterocycles. The molecule has 0 bridgehead atoms. The van der Waals surface area contributed by atoms with E-state index in [4.69, 9.17) is 4.74 Å².